The number of ether oxygens (including phenoxy) is 1. The van der Waals surface area contributed by atoms with E-state index in [-0.39, 0.29) is 118 Å². The lowest BCUT2D eigenvalue weighted by Crippen LogP contribution is -2.40. The van der Waals surface area contributed by atoms with E-state index in [1.54, 1.807) is 12.1 Å². The highest BCUT2D eigenvalue weighted by molar-refractivity contribution is 14.2. The largest absolute Gasteiger partial charge is 0.379 e. The van der Waals surface area contributed by atoms with Crippen molar-refractivity contribution in [3.05, 3.63) is 110 Å². The molecular weight excluding hydrogens is 990 g/mol. The van der Waals surface area contributed by atoms with Crippen molar-refractivity contribution in [1.29, 1.82) is 0 Å². The maximum absolute atomic E-state index is 14.4. The molecule has 0 amide bonds. The van der Waals surface area contributed by atoms with E-state index in [0.29, 0.717) is 3.70 Å². The number of H-pyrrole nitrogens is 2. The van der Waals surface area contributed by atoms with Gasteiger partial charge in [0.1, 0.15) is 30.2 Å². The van der Waals surface area contributed by atoms with Gasteiger partial charge in [0, 0.05) is 51.3 Å². The molecule has 0 saturated carbocycles. The van der Waals surface area contributed by atoms with Gasteiger partial charge in [0.2, 0.25) is 20.0 Å². The van der Waals surface area contributed by atoms with Crippen molar-refractivity contribution in [3.8, 4) is 0 Å². The molecule has 8 bridgehead atoms. The quantitative estimate of drug-likeness (QED) is 0.122. The smallest absolute Gasteiger partial charge is 0.295 e. The van der Waals surface area contributed by atoms with Gasteiger partial charge in [-0.05, 0) is 45.0 Å². The number of hydrogen-bond donors (Lipinski definition) is 5. The highest BCUT2D eigenvalue weighted by Crippen LogP contribution is 2.40. The number of rotatable bonds is 5. The summed E-state index contributed by atoms with van der Waals surface area (Å²) in [6.45, 7) is 0.462. The van der Waals surface area contributed by atoms with Crippen molar-refractivity contribution in [2.24, 2.45) is 30.1 Å². The number of aliphatic imine (C=N–C) groups is 3. The molecule has 1 fully saturated rings. The molecule has 25 heteroatoms. The summed E-state index contributed by atoms with van der Waals surface area (Å²) < 4.78 is 134. The Balaban J connectivity index is 1.39. The van der Waals surface area contributed by atoms with Crippen LogP contribution in [0.4, 0.5) is 5.82 Å². The third kappa shape index (κ3) is 6.53. The molecular formula is C36H26IN9O11S4. The lowest BCUT2D eigenvalue weighted by atomic mass is 10.1. The SMILES string of the molecule is NS(=O)(=O)c1cccc2c1C1=NC3=NC(=Ic4[nH]c(c5c(S(=O)(=O)O)cccc45)N=c4[nH]c(c5c(S(=O)(=O)N6CCOCC6)cccc45)=NC2=N1)c1c3cccc1S(=O)(=O)O. The summed E-state index contributed by atoms with van der Waals surface area (Å²) in [6.07, 6.45) is 0. The number of morpholine rings is 1. The van der Waals surface area contributed by atoms with Crippen molar-refractivity contribution in [2.75, 3.05) is 26.3 Å². The molecule has 4 aromatic carbocycles. The number of fused-ring (bicyclic) bond motifs is 18. The fraction of sp³-hybridized carbons (Fsp3) is 0.111. The Hall–Kier alpha value is -5.23. The molecule has 0 aliphatic carbocycles. The molecule has 6 N–H and O–H groups in total. The normalized spacial score (nSPS) is 17.0. The first-order valence-electron chi connectivity index (χ1n) is 17.7. The number of nitrogens with two attached hydrogens (primary N) is 1. The number of sulfonamides is 2. The molecule has 0 unspecified atom stereocenters. The number of benzene rings is 4. The number of hydrogen-bond acceptors (Lipinski definition) is 14. The van der Waals surface area contributed by atoms with Crippen LogP contribution in [0.3, 0.4) is 0 Å². The molecule has 6 heterocycles. The Labute approximate surface area is 354 Å². The first-order valence-corrected chi connectivity index (χ1v) is 25.8. The van der Waals surface area contributed by atoms with Crippen molar-refractivity contribution in [1.82, 2.24) is 14.3 Å². The molecule has 2 aromatic heterocycles. The summed E-state index contributed by atoms with van der Waals surface area (Å²) in [5.41, 5.74) is 0.102. The van der Waals surface area contributed by atoms with Gasteiger partial charge in [0.15, 0.2) is 17.5 Å². The topological polar surface area (TPSA) is 309 Å². The van der Waals surface area contributed by atoms with Crippen LogP contribution < -0.4 is 16.1 Å². The van der Waals surface area contributed by atoms with Gasteiger partial charge in [-0.25, -0.2) is 46.9 Å². The Morgan fingerprint density at radius 3 is 1.89 bits per heavy atom. The van der Waals surface area contributed by atoms with E-state index in [4.69, 9.17) is 24.9 Å². The number of amidine groups is 3. The van der Waals surface area contributed by atoms with Crippen LogP contribution in [-0.4, -0.2) is 104 Å². The van der Waals surface area contributed by atoms with E-state index in [2.05, 4.69) is 20.0 Å². The summed E-state index contributed by atoms with van der Waals surface area (Å²) >= 11 is -1.70. The highest BCUT2D eigenvalue weighted by Gasteiger charge is 2.35. The van der Waals surface area contributed by atoms with Crippen molar-refractivity contribution < 1.29 is 47.5 Å². The summed E-state index contributed by atoms with van der Waals surface area (Å²) in [4.78, 5) is 28.4. The molecule has 4 aliphatic heterocycles. The fourth-order valence-corrected chi connectivity index (χ4v) is 14.4. The van der Waals surface area contributed by atoms with E-state index in [1.807, 2.05) is 0 Å². The van der Waals surface area contributed by atoms with Crippen LogP contribution >= 0.6 is 20.7 Å². The average molecular weight is 1020 g/mol. The van der Waals surface area contributed by atoms with Crippen LogP contribution in [0.25, 0.3) is 21.5 Å². The Bertz CT molecular complexity index is 3740. The van der Waals surface area contributed by atoms with Gasteiger partial charge < -0.3 is 14.7 Å². The molecule has 312 valence electrons. The van der Waals surface area contributed by atoms with Gasteiger partial charge >= 0.3 is 0 Å². The van der Waals surface area contributed by atoms with Crippen molar-refractivity contribution in [2.45, 2.75) is 19.6 Å². The number of aromatic nitrogens is 2. The summed E-state index contributed by atoms with van der Waals surface area (Å²) in [5, 5.41) is 6.22. The van der Waals surface area contributed by atoms with Crippen LogP contribution in [0, 0.1) is 3.70 Å². The van der Waals surface area contributed by atoms with E-state index < -0.39 is 70.8 Å². The van der Waals surface area contributed by atoms with Crippen molar-refractivity contribution in [3.63, 3.8) is 0 Å². The van der Waals surface area contributed by atoms with E-state index in [9.17, 15) is 42.8 Å². The first kappa shape index (κ1) is 39.9. The molecule has 6 aromatic rings. The minimum Gasteiger partial charge on any atom is -0.379 e. The lowest BCUT2D eigenvalue weighted by molar-refractivity contribution is 0.0730. The first-order chi connectivity index (χ1) is 28.9. The zero-order valence-electron chi connectivity index (χ0n) is 30.6. The minimum absolute atomic E-state index is 0.00302. The molecule has 0 atom stereocenters. The number of aromatic amines is 2. The number of halogens is 1. The van der Waals surface area contributed by atoms with Crippen LogP contribution in [-0.2, 0) is 45.0 Å². The van der Waals surface area contributed by atoms with Gasteiger partial charge in [-0.3, -0.25) is 9.11 Å². The Morgan fingerprint density at radius 1 is 0.607 bits per heavy atom. The lowest BCUT2D eigenvalue weighted by Gasteiger charge is -2.26. The Kier molecular flexibility index (Phi) is 9.08. The Morgan fingerprint density at radius 2 is 1.20 bits per heavy atom. The summed E-state index contributed by atoms with van der Waals surface area (Å²) in [5.74, 6) is -0.584. The predicted molar refractivity (Wildman–Crippen MR) is 228 cm³/mol. The van der Waals surface area contributed by atoms with E-state index in [0.717, 1.165) is 0 Å². The third-order valence-electron chi connectivity index (χ3n) is 10.1. The van der Waals surface area contributed by atoms with E-state index in [1.165, 1.54) is 65.0 Å². The maximum Gasteiger partial charge on any atom is 0.295 e. The highest BCUT2D eigenvalue weighted by atomic mass is 127. The fourth-order valence-electron chi connectivity index (χ4n) is 7.58. The molecule has 0 spiro atoms. The summed E-state index contributed by atoms with van der Waals surface area (Å²) in [6, 6.07) is 16.8. The van der Waals surface area contributed by atoms with E-state index >= 15 is 0 Å². The molecule has 20 nitrogen and oxygen atoms in total. The predicted octanol–water partition coefficient (Wildman–Crippen LogP) is 1.68. The number of primary sulfonamides is 1. The van der Waals surface area contributed by atoms with Crippen LogP contribution in [0.2, 0.25) is 0 Å². The number of nitrogens with zero attached hydrogens (tertiary/aromatic N) is 6. The number of nitrogens with one attached hydrogen (secondary N) is 2. The van der Waals surface area contributed by atoms with Gasteiger partial charge in [-0.1, -0.05) is 48.5 Å². The molecule has 0 radical (unpaired) electrons. The van der Waals surface area contributed by atoms with Crippen LogP contribution in [0.5, 0.6) is 0 Å². The van der Waals surface area contributed by atoms with Gasteiger partial charge in [0.05, 0.1) is 32.3 Å². The molecule has 1 saturated heterocycles. The second-order valence-corrected chi connectivity index (χ2v) is 22.6. The summed E-state index contributed by atoms with van der Waals surface area (Å²) in [7, 11) is -18.5. The van der Waals surface area contributed by atoms with Gasteiger partial charge in [-0.15, -0.1) is 0 Å². The molecule has 61 heavy (non-hydrogen) atoms. The standard InChI is InChI=1S/C36H26IN9O11S4/c38-58(47,48)21-9-2-7-19-27(21)35-41-31-18-6-4-11-23(60(51,52)53)25(18)30(40-31)37-29-17-5-1-12-24(61(54,55)56)26(17)34(39-29)42-33-20-8-3-10-22(28(20)36(45-33)44-32(19)43-35)59(49,50)46-13-15-57-16-14-46/h1-12H,13-16H2,(H2,38,47,48)(H,51,52,53)(H,54,55,56)(H2,39,40,41,42,43,44,45). The van der Waals surface area contributed by atoms with Crippen LogP contribution in [0.15, 0.2) is 117 Å². The van der Waals surface area contributed by atoms with Crippen molar-refractivity contribution >= 4 is 110 Å². The second-order valence-electron chi connectivity index (χ2n) is 13.8. The molecule has 4 aliphatic rings. The van der Waals surface area contributed by atoms with Crippen LogP contribution in [0.1, 0.15) is 22.3 Å². The minimum atomic E-state index is -4.89. The maximum atomic E-state index is 14.4. The zero-order chi connectivity index (χ0) is 42.8. The van der Waals surface area contributed by atoms with Gasteiger partial charge in [-0.2, -0.15) is 21.1 Å². The van der Waals surface area contributed by atoms with Gasteiger partial charge in [0.25, 0.3) is 20.2 Å². The molecule has 10 rings (SSSR count). The average Bonchev–Trinajstić information content (AvgIpc) is 3.95. The second kappa shape index (κ2) is 13.9. The third-order valence-corrected chi connectivity index (χ3v) is 17.5. The zero-order valence-corrected chi connectivity index (χ0v) is 36.0. The monoisotopic (exact) mass is 1010 g/mol.